The van der Waals surface area contributed by atoms with E-state index in [9.17, 15) is 5.11 Å². The summed E-state index contributed by atoms with van der Waals surface area (Å²) in [6.07, 6.45) is 0. The van der Waals surface area contributed by atoms with Crippen molar-refractivity contribution >= 4 is 16.7 Å². The first kappa shape index (κ1) is 12.4. The van der Waals surface area contributed by atoms with Crippen molar-refractivity contribution in [3.8, 4) is 0 Å². The Labute approximate surface area is 113 Å². The van der Waals surface area contributed by atoms with Crippen LogP contribution in [0.15, 0.2) is 30.3 Å². The third-order valence-electron chi connectivity index (χ3n) is 4.27. The molecular formula is C16H20N2O. The number of para-hydroxylation sites is 1. The van der Waals surface area contributed by atoms with Crippen LogP contribution in [-0.4, -0.2) is 23.2 Å². The summed E-state index contributed by atoms with van der Waals surface area (Å²) in [5, 5.41) is 10.6. The molecule has 0 saturated carbocycles. The fraction of sp³-hybridized carbons (Fsp3) is 0.438. The summed E-state index contributed by atoms with van der Waals surface area (Å²) in [7, 11) is 0. The molecular weight excluding hydrogens is 236 g/mol. The molecule has 1 aliphatic rings. The Balaban J connectivity index is 2.05. The lowest BCUT2D eigenvalue weighted by molar-refractivity contribution is 0.283. The number of hydrogen-bond acceptors (Lipinski definition) is 3. The van der Waals surface area contributed by atoms with E-state index in [0.717, 1.165) is 35.4 Å². The number of aliphatic hydroxyl groups excluding tert-OH is 1. The van der Waals surface area contributed by atoms with Gasteiger partial charge in [0.05, 0.1) is 12.1 Å². The summed E-state index contributed by atoms with van der Waals surface area (Å²) in [6.45, 7) is 6.75. The number of benzene rings is 1. The molecule has 1 saturated heterocycles. The predicted octanol–water partition coefficient (Wildman–Crippen LogP) is 2.82. The monoisotopic (exact) mass is 256 g/mol. The van der Waals surface area contributed by atoms with Crippen molar-refractivity contribution in [2.45, 2.75) is 20.5 Å². The maximum Gasteiger partial charge on any atom is 0.129 e. The standard InChI is InChI=1S/C16H20N2O/c1-11-8-18(9-12(11)2)16-7-13(10-19)14-5-3-4-6-15(14)17-16/h3-7,11-12,19H,8-10H2,1-2H3. The molecule has 0 bridgehead atoms. The second-order valence-corrected chi connectivity index (χ2v) is 5.67. The maximum absolute atomic E-state index is 9.56. The Morgan fingerprint density at radius 1 is 1.21 bits per heavy atom. The zero-order chi connectivity index (χ0) is 13.4. The highest BCUT2D eigenvalue weighted by Gasteiger charge is 2.27. The van der Waals surface area contributed by atoms with E-state index >= 15 is 0 Å². The smallest absolute Gasteiger partial charge is 0.129 e. The number of pyridine rings is 1. The molecule has 3 nitrogen and oxygen atoms in total. The first-order chi connectivity index (χ1) is 9.19. The minimum atomic E-state index is 0.0645. The van der Waals surface area contributed by atoms with Crippen LogP contribution < -0.4 is 4.90 Å². The van der Waals surface area contributed by atoms with Crippen molar-refractivity contribution < 1.29 is 5.11 Å². The molecule has 3 rings (SSSR count). The van der Waals surface area contributed by atoms with E-state index in [-0.39, 0.29) is 6.61 Å². The normalized spacial score (nSPS) is 23.2. The number of hydrogen-bond donors (Lipinski definition) is 1. The van der Waals surface area contributed by atoms with E-state index in [4.69, 9.17) is 4.98 Å². The third-order valence-corrected chi connectivity index (χ3v) is 4.27. The number of rotatable bonds is 2. The van der Waals surface area contributed by atoms with Gasteiger partial charge in [0.25, 0.3) is 0 Å². The quantitative estimate of drug-likeness (QED) is 0.897. The molecule has 1 N–H and O–H groups in total. The first-order valence-electron chi connectivity index (χ1n) is 6.93. The molecule has 100 valence electrons. The summed E-state index contributed by atoms with van der Waals surface area (Å²) in [4.78, 5) is 7.08. The van der Waals surface area contributed by atoms with Gasteiger partial charge in [-0.15, -0.1) is 0 Å². The van der Waals surface area contributed by atoms with Crippen molar-refractivity contribution in [3.05, 3.63) is 35.9 Å². The fourth-order valence-corrected chi connectivity index (χ4v) is 2.84. The predicted molar refractivity (Wildman–Crippen MR) is 78.2 cm³/mol. The van der Waals surface area contributed by atoms with E-state index in [0.29, 0.717) is 11.8 Å². The maximum atomic E-state index is 9.56. The van der Waals surface area contributed by atoms with Crippen molar-refractivity contribution in [3.63, 3.8) is 0 Å². The lowest BCUT2D eigenvalue weighted by Gasteiger charge is -2.19. The Hall–Kier alpha value is -1.61. The van der Waals surface area contributed by atoms with Crippen molar-refractivity contribution in [2.24, 2.45) is 11.8 Å². The van der Waals surface area contributed by atoms with Gasteiger partial charge in [-0.05, 0) is 29.5 Å². The second-order valence-electron chi connectivity index (χ2n) is 5.67. The highest BCUT2D eigenvalue weighted by atomic mass is 16.3. The van der Waals surface area contributed by atoms with Crippen LogP contribution in [0.3, 0.4) is 0 Å². The van der Waals surface area contributed by atoms with Crippen LogP contribution in [0.5, 0.6) is 0 Å². The molecule has 2 unspecified atom stereocenters. The summed E-state index contributed by atoms with van der Waals surface area (Å²) >= 11 is 0. The van der Waals surface area contributed by atoms with Crippen LogP contribution in [0.1, 0.15) is 19.4 Å². The van der Waals surface area contributed by atoms with Gasteiger partial charge in [-0.2, -0.15) is 0 Å². The largest absolute Gasteiger partial charge is 0.392 e. The van der Waals surface area contributed by atoms with E-state index in [1.165, 1.54) is 0 Å². The molecule has 0 aliphatic carbocycles. The SMILES string of the molecule is CC1CN(c2cc(CO)c3ccccc3n2)CC1C. The summed E-state index contributed by atoms with van der Waals surface area (Å²) in [5.41, 5.74) is 1.93. The first-order valence-corrected chi connectivity index (χ1v) is 6.93. The number of nitrogens with zero attached hydrogens (tertiary/aromatic N) is 2. The number of anilines is 1. The number of fused-ring (bicyclic) bond motifs is 1. The van der Waals surface area contributed by atoms with Crippen LogP contribution in [0.25, 0.3) is 10.9 Å². The average molecular weight is 256 g/mol. The van der Waals surface area contributed by atoms with E-state index in [1.807, 2.05) is 30.3 Å². The second kappa shape index (κ2) is 4.82. The van der Waals surface area contributed by atoms with E-state index < -0.39 is 0 Å². The molecule has 3 heteroatoms. The zero-order valence-electron chi connectivity index (χ0n) is 11.5. The highest BCUT2D eigenvalue weighted by molar-refractivity contribution is 5.84. The lowest BCUT2D eigenvalue weighted by atomic mass is 10.0. The zero-order valence-corrected chi connectivity index (χ0v) is 11.5. The average Bonchev–Trinajstić information content (AvgIpc) is 2.77. The molecule has 1 aromatic heterocycles. The van der Waals surface area contributed by atoms with Gasteiger partial charge in [-0.1, -0.05) is 32.0 Å². The van der Waals surface area contributed by atoms with Crippen molar-refractivity contribution in [1.82, 2.24) is 4.98 Å². The van der Waals surface area contributed by atoms with Gasteiger partial charge in [-0.3, -0.25) is 0 Å². The van der Waals surface area contributed by atoms with Crippen LogP contribution in [-0.2, 0) is 6.61 Å². The Bertz CT molecular complexity index is 586. The van der Waals surface area contributed by atoms with E-state index in [2.05, 4.69) is 18.7 Å². The van der Waals surface area contributed by atoms with Crippen LogP contribution in [0.4, 0.5) is 5.82 Å². The third kappa shape index (κ3) is 2.19. The molecule has 1 aromatic carbocycles. The molecule has 0 spiro atoms. The van der Waals surface area contributed by atoms with Crippen molar-refractivity contribution in [2.75, 3.05) is 18.0 Å². The van der Waals surface area contributed by atoms with Gasteiger partial charge >= 0.3 is 0 Å². The highest BCUT2D eigenvalue weighted by Crippen LogP contribution is 2.29. The van der Waals surface area contributed by atoms with Crippen molar-refractivity contribution in [1.29, 1.82) is 0 Å². The van der Waals surface area contributed by atoms with Gasteiger partial charge in [0.1, 0.15) is 5.82 Å². The fourth-order valence-electron chi connectivity index (χ4n) is 2.84. The minimum Gasteiger partial charge on any atom is -0.392 e. The van der Waals surface area contributed by atoms with Gasteiger partial charge < -0.3 is 10.0 Å². The van der Waals surface area contributed by atoms with Gasteiger partial charge in [0.2, 0.25) is 0 Å². The Kier molecular flexibility index (Phi) is 3.15. The van der Waals surface area contributed by atoms with Gasteiger partial charge in [-0.25, -0.2) is 4.98 Å². The summed E-state index contributed by atoms with van der Waals surface area (Å²) < 4.78 is 0. The van der Waals surface area contributed by atoms with Gasteiger partial charge in [0.15, 0.2) is 0 Å². The molecule has 0 radical (unpaired) electrons. The van der Waals surface area contributed by atoms with Crippen LogP contribution >= 0.6 is 0 Å². The molecule has 2 heterocycles. The molecule has 1 fully saturated rings. The number of aliphatic hydroxyl groups is 1. The number of aromatic nitrogens is 1. The topological polar surface area (TPSA) is 36.4 Å². The Morgan fingerprint density at radius 2 is 1.89 bits per heavy atom. The molecule has 0 amide bonds. The molecule has 19 heavy (non-hydrogen) atoms. The summed E-state index contributed by atoms with van der Waals surface area (Å²) in [5.74, 6) is 2.40. The molecule has 2 atom stereocenters. The van der Waals surface area contributed by atoms with Gasteiger partial charge in [0, 0.05) is 18.5 Å². The summed E-state index contributed by atoms with van der Waals surface area (Å²) in [6, 6.07) is 10.1. The van der Waals surface area contributed by atoms with Crippen LogP contribution in [0.2, 0.25) is 0 Å². The lowest BCUT2D eigenvalue weighted by Crippen LogP contribution is -2.21. The Morgan fingerprint density at radius 3 is 2.58 bits per heavy atom. The minimum absolute atomic E-state index is 0.0645. The van der Waals surface area contributed by atoms with Crippen LogP contribution in [0, 0.1) is 11.8 Å². The molecule has 1 aliphatic heterocycles. The van der Waals surface area contributed by atoms with E-state index in [1.54, 1.807) is 0 Å². The molecule has 2 aromatic rings.